The van der Waals surface area contributed by atoms with Crippen molar-refractivity contribution < 1.29 is 14.3 Å². The first-order chi connectivity index (χ1) is 11.5. The highest BCUT2D eigenvalue weighted by Gasteiger charge is 2.48. The predicted octanol–water partition coefficient (Wildman–Crippen LogP) is 4.74. The van der Waals surface area contributed by atoms with E-state index in [0.29, 0.717) is 18.6 Å². The van der Waals surface area contributed by atoms with Crippen molar-refractivity contribution in [1.82, 2.24) is 0 Å². The van der Waals surface area contributed by atoms with Gasteiger partial charge in [-0.25, -0.2) is 4.79 Å². The van der Waals surface area contributed by atoms with E-state index in [2.05, 4.69) is 24.3 Å². The van der Waals surface area contributed by atoms with E-state index < -0.39 is 6.10 Å². The number of hydrogen-bond donors (Lipinski definition) is 0. The standard InChI is InChI=1S/C20H27ClO3/c1-3-23-18(22)15(2)24-14-16-4-6-17(7-5-16)19-8-11-20(21,12-9-19)13-10-19/h4-7,15H,3,8-14H2,1-2H3. The van der Waals surface area contributed by atoms with E-state index in [1.165, 1.54) is 24.8 Å². The van der Waals surface area contributed by atoms with Crippen LogP contribution in [-0.4, -0.2) is 23.6 Å². The highest BCUT2D eigenvalue weighted by atomic mass is 35.5. The Morgan fingerprint density at radius 1 is 1.12 bits per heavy atom. The normalized spacial score (nSPS) is 30.1. The number of benzene rings is 1. The first kappa shape index (κ1) is 17.8. The van der Waals surface area contributed by atoms with Crippen LogP contribution in [0.25, 0.3) is 0 Å². The number of ether oxygens (including phenoxy) is 2. The second kappa shape index (κ2) is 7.05. The molecular weight excluding hydrogens is 324 g/mol. The molecule has 132 valence electrons. The second-order valence-corrected chi connectivity index (χ2v) is 8.14. The second-order valence-electron chi connectivity index (χ2n) is 7.33. The van der Waals surface area contributed by atoms with E-state index in [1.807, 2.05) is 0 Å². The van der Waals surface area contributed by atoms with Gasteiger partial charge in [-0.15, -0.1) is 11.6 Å². The maximum atomic E-state index is 11.6. The van der Waals surface area contributed by atoms with Crippen molar-refractivity contribution in [2.45, 2.75) is 75.4 Å². The summed E-state index contributed by atoms with van der Waals surface area (Å²) in [6, 6.07) is 8.72. The summed E-state index contributed by atoms with van der Waals surface area (Å²) in [6.45, 7) is 4.34. The largest absolute Gasteiger partial charge is 0.464 e. The SMILES string of the molecule is CCOC(=O)C(C)OCc1ccc(C23CCC(Cl)(CC2)CC3)cc1. The van der Waals surface area contributed by atoms with Gasteiger partial charge in [-0.1, -0.05) is 24.3 Å². The molecule has 0 heterocycles. The Kier molecular flexibility index (Phi) is 5.22. The van der Waals surface area contributed by atoms with Crippen LogP contribution < -0.4 is 0 Å². The van der Waals surface area contributed by atoms with Gasteiger partial charge in [0.15, 0.2) is 6.10 Å². The fourth-order valence-electron chi connectivity index (χ4n) is 4.08. The summed E-state index contributed by atoms with van der Waals surface area (Å²) < 4.78 is 10.6. The molecule has 3 aliphatic carbocycles. The molecule has 24 heavy (non-hydrogen) atoms. The molecule has 4 rings (SSSR count). The predicted molar refractivity (Wildman–Crippen MR) is 95.3 cm³/mol. The average molecular weight is 351 g/mol. The van der Waals surface area contributed by atoms with Crippen molar-refractivity contribution in [3.8, 4) is 0 Å². The van der Waals surface area contributed by atoms with Crippen LogP contribution in [0.1, 0.15) is 63.5 Å². The van der Waals surface area contributed by atoms with E-state index in [1.54, 1.807) is 13.8 Å². The lowest BCUT2D eigenvalue weighted by atomic mass is 9.57. The molecule has 4 heteroatoms. The third kappa shape index (κ3) is 3.62. The summed E-state index contributed by atoms with van der Waals surface area (Å²) in [5.74, 6) is -0.304. The smallest absolute Gasteiger partial charge is 0.334 e. The molecule has 3 saturated carbocycles. The van der Waals surface area contributed by atoms with Gasteiger partial charge in [0.25, 0.3) is 0 Å². The Morgan fingerprint density at radius 3 is 2.25 bits per heavy atom. The molecule has 0 N–H and O–H groups in total. The van der Waals surface area contributed by atoms with Crippen molar-refractivity contribution >= 4 is 17.6 Å². The fraction of sp³-hybridized carbons (Fsp3) is 0.650. The maximum absolute atomic E-state index is 11.6. The first-order valence-electron chi connectivity index (χ1n) is 9.03. The molecule has 0 amide bonds. The van der Waals surface area contributed by atoms with Gasteiger partial charge in [-0.2, -0.15) is 0 Å². The molecule has 0 radical (unpaired) electrons. The van der Waals surface area contributed by atoms with Crippen LogP contribution in [0.3, 0.4) is 0 Å². The molecule has 1 aromatic carbocycles. The van der Waals surface area contributed by atoms with Gasteiger partial charge in [0.05, 0.1) is 13.2 Å². The van der Waals surface area contributed by atoms with Crippen LogP contribution in [0.15, 0.2) is 24.3 Å². The zero-order valence-corrected chi connectivity index (χ0v) is 15.4. The third-order valence-corrected chi connectivity index (χ3v) is 6.41. The zero-order valence-electron chi connectivity index (χ0n) is 14.6. The minimum atomic E-state index is -0.531. The highest BCUT2D eigenvalue weighted by molar-refractivity contribution is 6.24. The summed E-state index contributed by atoms with van der Waals surface area (Å²) in [6.07, 6.45) is 6.48. The van der Waals surface area contributed by atoms with Crippen molar-refractivity contribution in [2.75, 3.05) is 6.61 Å². The number of hydrogen-bond acceptors (Lipinski definition) is 3. The molecule has 1 unspecified atom stereocenters. The first-order valence-corrected chi connectivity index (χ1v) is 9.41. The van der Waals surface area contributed by atoms with Crippen LogP contribution in [0.4, 0.5) is 0 Å². The molecule has 3 aliphatic rings. The molecule has 1 aromatic rings. The Hall–Kier alpha value is -1.06. The van der Waals surface area contributed by atoms with Crippen LogP contribution in [0.5, 0.6) is 0 Å². The molecule has 0 aromatic heterocycles. The van der Waals surface area contributed by atoms with Crippen LogP contribution in [0, 0.1) is 0 Å². The lowest BCUT2D eigenvalue weighted by Crippen LogP contribution is -2.45. The molecule has 3 fully saturated rings. The third-order valence-electron chi connectivity index (χ3n) is 5.84. The molecule has 3 nitrogen and oxygen atoms in total. The highest BCUT2D eigenvalue weighted by Crippen LogP contribution is 2.56. The van der Waals surface area contributed by atoms with Gasteiger partial charge < -0.3 is 9.47 Å². The molecule has 2 bridgehead atoms. The Bertz CT molecular complexity index is 557. The number of halogens is 1. The van der Waals surface area contributed by atoms with E-state index >= 15 is 0 Å². The lowest BCUT2D eigenvalue weighted by Gasteiger charge is -2.51. The van der Waals surface area contributed by atoms with Gasteiger partial charge in [-0.05, 0) is 68.9 Å². The van der Waals surface area contributed by atoms with Crippen LogP contribution in [-0.2, 0) is 26.3 Å². The zero-order chi connectivity index (χ0) is 17.2. The molecule has 1 atom stereocenters. The lowest BCUT2D eigenvalue weighted by molar-refractivity contribution is -0.156. The monoisotopic (exact) mass is 350 g/mol. The number of fused-ring (bicyclic) bond motifs is 3. The quantitative estimate of drug-likeness (QED) is 0.549. The van der Waals surface area contributed by atoms with E-state index in [4.69, 9.17) is 21.1 Å². The van der Waals surface area contributed by atoms with Crippen LogP contribution >= 0.6 is 11.6 Å². The van der Waals surface area contributed by atoms with Crippen molar-refractivity contribution in [3.63, 3.8) is 0 Å². The van der Waals surface area contributed by atoms with E-state index in [9.17, 15) is 4.79 Å². The minimum absolute atomic E-state index is 0.0821. The van der Waals surface area contributed by atoms with Crippen molar-refractivity contribution in [3.05, 3.63) is 35.4 Å². The van der Waals surface area contributed by atoms with Gasteiger partial charge >= 0.3 is 5.97 Å². The topological polar surface area (TPSA) is 35.5 Å². The van der Waals surface area contributed by atoms with E-state index in [0.717, 1.165) is 24.8 Å². The molecule has 0 saturated heterocycles. The van der Waals surface area contributed by atoms with Crippen molar-refractivity contribution in [2.24, 2.45) is 0 Å². The van der Waals surface area contributed by atoms with Gasteiger partial charge in [0, 0.05) is 4.87 Å². The maximum Gasteiger partial charge on any atom is 0.334 e. The Morgan fingerprint density at radius 2 is 1.71 bits per heavy atom. The van der Waals surface area contributed by atoms with Gasteiger partial charge in [0.1, 0.15) is 0 Å². The number of rotatable bonds is 6. The fourth-order valence-corrected chi connectivity index (χ4v) is 4.36. The van der Waals surface area contributed by atoms with Crippen LogP contribution in [0.2, 0.25) is 0 Å². The number of carbonyl (C=O) groups excluding carboxylic acids is 1. The van der Waals surface area contributed by atoms with Crippen molar-refractivity contribution in [1.29, 1.82) is 0 Å². The Labute approximate surface area is 149 Å². The summed E-state index contributed by atoms with van der Waals surface area (Å²) in [5, 5.41) is 0. The molecule has 0 spiro atoms. The number of alkyl halides is 1. The summed E-state index contributed by atoms with van der Waals surface area (Å²) in [7, 11) is 0. The summed E-state index contributed by atoms with van der Waals surface area (Å²) >= 11 is 6.64. The molecule has 0 aliphatic heterocycles. The van der Waals surface area contributed by atoms with Gasteiger partial charge in [0.2, 0.25) is 0 Å². The number of esters is 1. The number of carbonyl (C=O) groups is 1. The average Bonchev–Trinajstić information content (AvgIpc) is 2.61. The minimum Gasteiger partial charge on any atom is -0.464 e. The summed E-state index contributed by atoms with van der Waals surface area (Å²) in [4.78, 5) is 11.7. The molecular formula is C20H27ClO3. The Balaban J connectivity index is 1.59. The van der Waals surface area contributed by atoms with E-state index in [-0.39, 0.29) is 10.8 Å². The van der Waals surface area contributed by atoms with Gasteiger partial charge in [-0.3, -0.25) is 0 Å². The summed E-state index contributed by atoms with van der Waals surface area (Å²) in [5.41, 5.74) is 2.85.